The van der Waals surface area contributed by atoms with E-state index >= 15 is 0 Å². The molecular formula is C6H5F3N2O2. The molecule has 0 atom stereocenters. The van der Waals surface area contributed by atoms with Crippen LogP contribution in [0.4, 0.5) is 13.2 Å². The molecule has 1 aromatic heterocycles. The number of alkyl halides is 3. The van der Waals surface area contributed by atoms with Gasteiger partial charge in [0.05, 0.1) is 12.1 Å². The van der Waals surface area contributed by atoms with Gasteiger partial charge in [0.25, 0.3) is 0 Å². The molecule has 1 rings (SSSR count). The van der Waals surface area contributed by atoms with Crippen LogP contribution >= 0.6 is 0 Å². The van der Waals surface area contributed by atoms with Crippen molar-refractivity contribution in [2.75, 3.05) is 0 Å². The van der Waals surface area contributed by atoms with Crippen LogP contribution in [0.5, 0.6) is 0 Å². The Hall–Kier alpha value is -1.53. The van der Waals surface area contributed by atoms with E-state index in [1.807, 2.05) is 0 Å². The summed E-state index contributed by atoms with van der Waals surface area (Å²) in [7, 11) is 0. The summed E-state index contributed by atoms with van der Waals surface area (Å²) in [6.45, 7) is 0. The number of carboxylic acids is 1. The monoisotopic (exact) mass is 194 g/mol. The highest BCUT2D eigenvalue weighted by atomic mass is 19.4. The molecular weight excluding hydrogens is 189 g/mol. The average Bonchev–Trinajstić information content (AvgIpc) is 2.31. The van der Waals surface area contributed by atoms with Crippen LogP contribution in [0.3, 0.4) is 0 Å². The minimum atomic E-state index is -4.61. The van der Waals surface area contributed by atoms with Crippen LogP contribution in [-0.4, -0.2) is 20.6 Å². The van der Waals surface area contributed by atoms with Gasteiger partial charge in [-0.15, -0.1) is 13.2 Å². The summed E-state index contributed by atoms with van der Waals surface area (Å²) < 4.78 is 36.1. The molecule has 0 aliphatic heterocycles. The van der Waals surface area contributed by atoms with E-state index in [2.05, 4.69) is 4.98 Å². The molecule has 13 heavy (non-hydrogen) atoms. The summed E-state index contributed by atoms with van der Waals surface area (Å²) in [6.07, 6.45) is -3.89. The number of aliphatic carboxylic acids is 1. The Morgan fingerprint density at radius 3 is 2.69 bits per heavy atom. The highest BCUT2D eigenvalue weighted by Crippen LogP contribution is 2.23. The van der Waals surface area contributed by atoms with E-state index < -0.39 is 18.7 Å². The fourth-order valence-corrected chi connectivity index (χ4v) is 0.836. The van der Waals surface area contributed by atoms with Gasteiger partial charge in [-0.1, -0.05) is 0 Å². The minimum Gasteiger partial charge on any atom is -0.481 e. The molecule has 0 fully saturated rings. The summed E-state index contributed by atoms with van der Waals surface area (Å²) in [5.74, 6) is -1.33. The normalized spacial score (nSPS) is 11.6. The number of imidazole rings is 1. The Kier molecular flexibility index (Phi) is 2.26. The Bertz CT molecular complexity index is 318. The van der Waals surface area contributed by atoms with E-state index in [1.165, 1.54) is 0 Å². The first-order valence-corrected chi connectivity index (χ1v) is 3.21. The van der Waals surface area contributed by atoms with Gasteiger partial charge in [-0.05, 0) is 0 Å². The molecule has 0 radical (unpaired) electrons. The largest absolute Gasteiger partial charge is 0.489 e. The van der Waals surface area contributed by atoms with E-state index in [1.54, 1.807) is 0 Å². The van der Waals surface area contributed by atoms with Gasteiger partial charge in [0.2, 0.25) is 0 Å². The Balaban J connectivity index is 2.96. The van der Waals surface area contributed by atoms with Crippen LogP contribution in [0, 0.1) is 0 Å². The van der Waals surface area contributed by atoms with Crippen molar-refractivity contribution < 1.29 is 23.1 Å². The van der Waals surface area contributed by atoms with Crippen molar-refractivity contribution in [2.24, 2.45) is 0 Å². The molecule has 0 spiro atoms. The van der Waals surface area contributed by atoms with Gasteiger partial charge < -0.3 is 5.11 Å². The molecule has 72 valence electrons. The molecule has 1 heterocycles. The maximum Gasteiger partial charge on any atom is 0.489 e. The predicted molar refractivity (Wildman–Crippen MR) is 34.9 cm³/mol. The van der Waals surface area contributed by atoms with Gasteiger partial charge in [0, 0.05) is 6.20 Å². The lowest BCUT2D eigenvalue weighted by Gasteiger charge is -2.09. The van der Waals surface area contributed by atoms with Crippen LogP contribution in [0.15, 0.2) is 12.5 Å². The molecule has 0 aromatic carbocycles. The van der Waals surface area contributed by atoms with Crippen molar-refractivity contribution in [3.8, 4) is 0 Å². The molecule has 0 bridgehead atoms. The highest BCUT2D eigenvalue weighted by molar-refractivity contribution is 5.69. The number of carbonyl (C=O) groups is 1. The van der Waals surface area contributed by atoms with Crippen LogP contribution in [-0.2, 0) is 17.5 Å². The highest BCUT2D eigenvalue weighted by Gasteiger charge is 2.32. The lowest BCUT2D eigenvalue weighted by Crippen LogP contribution is -2.19. The standard InChI is InChI=1S/C6H5F3N2O2/c7-6(8,9)11-3-10-2-4(11)1-5(12)13/h2-3H,1H2,(H,12,13). The second-order valence-corrected chi connectivity index (χ2v) is 2.29. The van der Waals surface area contributed by atoms with Crippen LogP contribution in [0.25, 0.3) is 0 Å². The molecule has 7 heteroatoms. The Labute approximate surface area is 70.6 Å². The van der Waals surface area contributed by atoms with Gasteiger partial charge in [-0.25, -0.2) is 9.55 Å². The fourth-order valence-electron chi connectivity index (χ4n) is 0.836. The van der Waals surface area contributed by atoms with E-state index in [9.17, 15) is 18.0 Å². The van der Waals surface area contributed by atoms with Crippen LogP contribution < -0.4 is 0 Å². The number of hydrogen-bond acceptors (Lipinski definition) is 2. The maximum absolute atomic E-state index is 12.1. The fraction of sp³-hybridized carbons (Fsp3) is 0.333. The molecule has 1 aromatic rings. The summed E-state index contributed by atoms with van der Waals surface area (Å²) in [5.41, 5.74) is -0.389. The average molecular weight is 194 g/mol. The summed E-state index contributed by atoms with van der Waals surface area (Å²) >= 11 is 0. The molecule has 0 aliphatic carbocycles. The number of hydrogen-bond donors (Lipinski definition) is 1. The maximum atomic E-state index is 12.1. The zero-order chi connectivity index (χ0) is 10.1. The number of carboxylic acid groups (broad SMARTS) is 1. The summed E-state index contributed by atoms with van der Waals surface area (Å²) in [5, 5.41) is 8.27. The molecule has 0 amide bonds. The van der Waals surface area contributed by atoms with Crippen molar-refractivity contribution in [2.45, 2.75) is 12.7 Å². The third kappa shape index (κ3) is 2.20. The van der Waals surface area contributed by atoms with Gasteiger partial charge >= 0.3 is 12.3 Å². The number of nitrogens with zero attached hydrogens (tertiary/aromatic N) is 2. The minimum absolute atomic E-state index is 0.124. The molecule has 0 saturated carbocycles. The lowest BCUT2D eigenvalue weighted by molar-refractivity contribution is -0.205. The number of halogens is 3. The number of aromatic nitrogens is 2. The topological polar surface area (TPSA) is 55.1 Å². The van der Waals surface area contributed by atoms with Crippen molar-refractivity contribution in [3.05, 3.63) is 18.2 Å². The summed E-state index contributed by atoms with van der Waals surface area (Å²) in [4.78, 5) is 13.4. The van der Waals surface area contributed by atoms with Crippen molar-refractivity contribution in [1.29, 1.82) is 0 Å². The van der Waals surface area contributed by atoms with Crippen molar-refractivity contribution >= 4 is 5.97 Å². The first-order chi connectivity index (χ1) is 5.91. The quantitative estimate of drug-likeness (QED) is 0.763. The molecule has 0 unspecified atom stereocenters. The predicted octanol–water partition coefficient (Wildman–Crippen LogP) is 0.987. The zero-order valence-electron chi connectivity index (χ0n) is 6.25. The van der Waals surface area contributed by atoms with Gasteiger partial charge in [-0.2, -0.15) is 0 Å². The first kappa shape index (κ1) is 9.56. The van der Waals surface area contributed by atoms with E-state index in [4.69, 9.17) is 5.11 Å². The van der Waals surface area contributed by atoms with E-state index in [0.29, 0.717) is 6.33 Å². The van der Waals surface area contributed by atoms with Crippen LogP contribution in [0.2, 0.25) is 0 Å². The second-order valence-electron chi connectivity index (χ2n) is 2.29. The van der Waals surface area contributed by atoms with Crippen LogP contribution in [0.1, 0.15) is 5.69 Å². The van der Waals surface area contributed by atoms with E-state index in [-0.39, 0.29) is 10.3 Å². The third-order valence-corrected chi connectivity index (χ3v) is 1.32. The van der Waals surface area contributed by atoms with E-state index in [0.717, 1.165) is 6.20 Å². The van der Waals surface area contributed by atoms with Gasteiger partial charge in [-0.3, -0.25) is 4.79 Å². The SMILES string of the molecule is O=C(O)Cc1cncn1C(F)(F)F. The van der Waals surface area contributed by atoms with Gasteiger partial charge in [0.15, 0.2) is 0 Å². The van der Waals surface area contributed by atoms with Crippen molar-refractivity contribution in [3.63, 3.8) is 0 Å². The Morgan fingerprint density at radius 2 is 2.23 bits per heavy atom. The second kappa shape index (κ2) is 3.08. The zero-order valence-corrected chi connectivity index (χ0v) is 6.25. The first-order valence-electron chi connectivity index (χ1n) is 3.21. The lowest BCUT2D eigenvalue weighted by atomic mass is 10.3. The third-order valence-electron chi connectivity index (χ3n) is 1.32. The molecule has 4 nitrogen and oxygen atoms in total. The summed E-state index contributed by atoms with van der Waals surface area (Å²) in [6, 6.07) is 0. The molecule has 1 N–H and O–H groups in total. The smallest absolute Gasteiger partial charge is 0.481 e. The molecule has 0 saturated heterocycles. The molecule has 0 aliphatic rings. The van der Waals surface area contributed by atoms with Crippen molar-refractivity contribution in [1.82, 2.24) is 9.55 Å². The Morgan fingerprint density at radius 1 is 1.62 bits per heavy atom. The van der Waals surface area contributed by atoms with Gasteiger partial charge in [0.1, 0.15) is 6.33 Å². The number of rotatable bonds is 2.